The van der Waals surface area contributed by atoms with Crippen molar-refractivity contribution < 1.29 is 23.9 Å². The Morgan fingerprint density at radius 2 is 1.42 bits per heavy atom. The molecule has 33 heavy (non-hydrogen) atoms. The largest absolute Gasteiger partial charge is 0.461 e. The van der Waals surface area contributed by atoms with Gasteiger partial charge in [0.25, 0.3) is 0 Å². The van der Waals surface area contributed by atoms with Crippen molar-refractivity contribution in [1.82, 2.24) is 0 Å². The Kier molecular flexibility index (Phi) is 14.4. The molecule has 1 heterocycles. The molecule has 0 aromatic carbocycles. The summed E-state index contributed by atoms with van der Waals surface area (Å²) in [4.78, 5) is 36.3. The Hall–Kier alpha value is -1.59. The molecule has 0 spiro atoms. The molecule has 0 aliphatic carbocycles. The smallest absolute Gasteiger partial charge is 0.321 e. The lowest BCUT2D eigenvalue weighted by molar-refractivity contribution is -0.191. The number of hydrogen-bond acceptors (Lipinski definition) is 5. The maximum atomic E-state index is 12.6. The van der Waals surface area contributed by atoms with Crippen molar-refractivity contribution in [3.05, 3.63) is 0 Å². The van der Waals surface area contributed by atoms with Gasteiger partial charge in [-0.2, -0.15) is 0 Å². The summed E-state index contributed by atoms with van der Waals surface area (Å²) in [6, 6.07) is 0. The molecule has 1 aliphatic heterocycles. The van der Waals surface area contributed by atoms with Crippen LogP contribution in [-0.2, 0) is 23.9 Å². The topological polar surface area (TPSA) is 95.7 Å². The summed E-state index contributed by atoms with van der Waals surface area (Å²) in [7, 11) is 0. The van der Waals surface area contributed by atoms with Crippen LogP contribution in [0.4, 0.5) is 0 Å². The Morgan fingerprint density at radius 3 is 1.94 bits per heavy atom. The summed E-state index contributed by atoms with van der Waals surface area (Å²) in [6.45, 7) is 7.38. The van der Waals surface area contributed by atoms with Crippen molar-refractivity contribution in [1.29, 1.82) is 0 Å². The first-order valence-electron chi connectivity index (χ1n) is 13.4. The lowest BCUT2D eigenvalue weighted by Gasteiger charge is -2.37. The number of esters is 2. The first-order valence-corrected chi connectivity index (χ1v) is 13.4. The molecule has 1 saturated heterocycles. The molecule has 0 radical (unpaired) electrons. The van der Waals surface area contributed by atoms with Crippen LogP contribution in [0.25, 0.3) is 0 Å². The average molecular weight is 468 g/mol. The molecule has 1 aliphatic rings. The van der Waals surface area contributed by atoms with Crippen LogP contribution in [0.2, 0.25) is 0 Å². The minimum atomic E-state index is -1.37. The van der Waals surface area contributed by atoms with E-state index in [-0.39, 0.29) is 24.1 Å². The van der Waals surface area contributed by atoms with E-state index in [0.717, 1.165) is 38.5 Å². The first-order chi connectivity index (χ1) is 15.7. The van der Waals surface area contributed by atoms with E-state index in [2.05, 4.69) is 13.8 Å². The highest BCUT2D eigenvalue weighted by Gasteiger charge is 2.44. The van der Waals surface area contributed by atoms with Gasteiger partial charge in [-0.3, -0.25) is 14.4 Å². The second-order valence-electron chi connectivity index (χ2n) is 10.3. The van der Waals surface area contributed by atoms with Gasteiger partial charge in [-0.15, -0.1) is 0 Å². The molecule has 2 N–H and O–H groups in total. The fraction of sp³-hybridized carbons (Fsp3) is 0.889. The van der Waals surface area contributed by atoms with Crippen LogP contribution in [-0.4, -0.2) is 30.1 Å². The van der Waals surface area contributed by atoms with Crippen molar-refractivity contribution in [3.63, 3.8) is 0 Å². The van der Waals surface area contributed by atoms with Crippen molar-refractivity contribution in [3.8, 4) is 0 Å². The van der Waals surface area contributed by atoms with E-state index >= 15 is 0 Å². The van der Waals surface area contributed by atoms with Crippen LogP contribution >= 0.6 is 0 Å². The van der Waals surface area contributed by atoms with E-state index in [4.69, 9.17) is 15.2 Å². The third-order valence-electron chi connectivity index (χ3n) is 6.91. The zero-order chi connectivity index (χ0) is 24.7. The number of rotatable bonds is 20. The summed E-state index contributed by atoms with van der Waals surface area (Å²) in [5, 5.41) is 0. The highest BCUT2D eigenvalue weighted by Crippen LogP contribution is 2.33. The molecule has 6 heteroatoms. The quantitative estimate of drug-likeness (QED) is 0.130. The molecule has 0 unspecified atom stereocenters. The van der Waals surface area contributed by atoms with Crippen molar-refractivity contribution in [2.45, 2.75) is 143 Å². The van der Waals surface area contributed by atoms with Crippen LogP contribution in [0.15, 0.2) is 0 Å². The molecule has 1 fully saturated rings. The normalized spacial score (nSPS) is 19.0. The molecule has 1 amide bonds. The van der Waals surface area contributed by atoms with Crippen LogP contribution in [0, 0.1) is 11.3 Å². The maximum absolute atomic E-state index is 12.6. The molecule has 0 aromatic rings. The Bertz CT molecular complexity index is 589. The van der Waals surface area contributed by atoms with E-state index in [1.165, 1.54) is 65.2 Å². The molecule has 0 saturated carbocycles. The van der Waals surface area contributed by atoms with Gasteiger partial charge < -0.3 is 15.2 Å². The van der Waals surface area contributed by atoms with E-state index in [0.29, 0.717) is 12.8 Å². The SMILES string of the molecule is CCCCCCCCCCC[C@@H](C[C@@H]1OC(=O)[C@H]1CCCCCC)OC(=O)C(C)(C)C(N)=O. The van der Waals surface area contributed by atoms with Gasteiger partial charge in [0.05, 0.1) is 5.92 Å². The number of ether oxygens (including phenoxy) is 2. The Morgan fingerprint density at radius 1 is 0.909 bits per heavy atom. The van der Waals surface area contributed by atoms with Crippen molar-refractivity contribution >= 4 is 17.8 Å². The fourth-order valence-corrected chi connectivity index (χ4v) is 4.27. The monoisotopic (exact) mass is 467 g/mol. The van der Waals surface area contributed by atoms with E-state index in [1.54, 1.807) is 0 Å². The standard InChI is InChI=1S/C27H49NO5/c1-5-7-9-11-12-13-14-15-16-18-21(32-26(31)27(3,4)25(28)30)20-23-22(24(29)33-23)19-17-10-8-6-2/h21-23H,5-20H2,1-4H3,(H2,28,30)/t21-,22-,23-/m0/s1. The first kappa shape index (κ1) is 29.4. The predicted molar refractivity (Wildman–Crippen MR) is 131 cm³/mol. The van der Waals surface area contributed by atoms with E-state index < -0.39 is 17.3 Å². The molecular weight excluding hydrogens is 418 g/mol. The van der Waals surface area contributed by atoms with Gasteiger partial charge in [0.2, 0.25) is 5.91 Å². The molecule has 1 rings (SSSR count). The number of amides is 1. The second kappa shape index (κ2) is 16.1. The highest BCUT2D eigenvalue weighted by atomic mass is 16.6. The van der Waals surface area contributed by atoms with Gasteiger partial charge in [-0.1, -0.05) is 90.9 Å². The van der Waals surface area contributed by atoms with Crippen LogP contribution in [0.5, 0.6) is 0 Å². The third kappa shape index (κ3) is 10.9. The van der Waals surface area contributed by atoms with Gasteiger partial charge in [0.15, 0.2) is 0 Å². The number of primary amides is 1. The molecular formula is C27H49NO5. The van der Waals surface area contributed by atoms with Crippen LogP contribution in [0.3, 0.4) is 0 Å². The fourth-order valence-electron chi connectivity index (χ4n) is 4.27. The summed E-state index contributed by atoms with van der Waals surface area (Å²) < 4.78 is 11.2. The number of nitrogens with two attached hydrogens (primary N) is 1. The van der Waals surface area contributed by atoms with Gasteiger partial charge in [-0.05, 0) is 33.1 Å². The highest BCUT2D eigenvalue weighted by molar-refractivity contribution is 6.01. The van der Waals surface area contributed by atoms with E-state index in [9.17, 15) is 14.4 Å². The minimum Gasteiger partial charge on any atom is -0.461 e. The zero-order valence-corrected chi connectivity index (χ0v) is 21.7. The summed E-state index contributed by atoms with van der Waals surface area (Å²) in [5.74, 6) is -1.53. The third-order valence-corrected chi connectivity index (χ3v) is 6.91. The number of carbonyl (C=O) groups excluding carboxylic acids is 3. The van der Waals surface area contributed by atoms with Gasteiger partial charge in [-0.25, -0.2) is 0 Å². The molecule has 0 aromatic heterocycles. The molecule has 0 bridgehead atoms. The van der Waals surface area contributed by atoms with Crippen molar-refractivity contribution in [2.75, 3.05) is 0 Å². The summed E-state index contributed by atoms with van der Waals surface area (Å²) in [6.07, 6.45) is 16.9. The summed E-state index contributed by atoms with van der Waals surface area (Å²) >= 11 is 0. The summed E-state index contributed by atoms with van der Waals surface area (Å²) in [5.41, 5.74) is 4.03. The molecule has 3 atom stereocenters. The molecule has 6 nitrogen and oxygen atoms in total. The van der Waals surface area contributed by atoms with Gasteiger partial charge >= 0.3 is 11.9 Å². The van der Waals surface area contributed by atoms with Gasteiger partial charge in [0.1, 0.15) is 17.6 Å². The maximum Gasteiger partial charge on any atom is 0.321 e. The van der Waals surface area contributed by atoms with Crippen LogP contribution in [0.1, 0.15) is 130 Å². The lowest BCUT2D eigenvalue weighted by Crippen LogP contribution is -2.48. The van der Waals surface area contributed by atoms with Gasteiger partial charge in [0, 0.05) is 6.42 Å². The molecule has 192 valence electrons. The second-order valence-corrected chi connectivity index (χ2v) is 10.3. The predicted octanol–water partition coefficient (Wildman–Crippen LogP) is 6.23. The Labute approximate surface area is 201 Å². The number of carbonyl (C=O) groups is 3. The van der Waals surface area contributed by atoms with E-state index in [1.807, 2.05) is 0 Å². The van der Waals surface area contributed by atoms with Crippen LogP contribution < -0.4 is 5.73 Å². The zero-order valence-electron chi connectivity index (χ0n) is 21.7. The minimum absolute atomic E-state index is 0.102. The lowest BCUT2D eigenvalue weighted by atomic mass is 9.86. The number of unbranched alkanes of at least 4 members (excludes halogenated alkanes) is 11. The van der Waals surface area contributed by atoms with Crippen molar-refractivity contribution in [2.24, 2.45) is 17.1 Å². The number of cyclic esters (lactones) is 1. The number of hydrogen-bond donors (Lipinski definition) is 1. The Balaban J connectivity index is 2.53. The average Bonchev–Trinajstić information content (AvgIpc) is 2.77.